The fourth-order valence-electron chi connectivity index (χ4n) is 2.78. The van der Waals surface area contributed by atoms with Gasteiger partial charge in [0.2, 0.25) is 0 Å². The number of nitrogens with zero attached hydrogens (tertiary/aromatic N) is 1. The number of halogens is 2. The van der Waals surface area contributed by atoms with Crippen molar-refractivity contribution in [2.24, 2.45) is 5.92 Å². The Labute approximate surface area is 131 Å². The smallest absolute Gasteiger partial charge is 0.124 e. The minimum atomic E-state index is -0.287. The molecule has 1 heterocycles. The summed E-state index contributed by atoms with van der Waals surface area (Å²) < 4.78 is 18.3. The molecule has 0 aromatic heterocycles. The minimum Gasteiger partial charge on any atom is -0.383 e. The van der Waals surface area contributed by atoms with Gasteiger partial charge in [-0.3, -0.25) is 4.90 Å². The number of ether oxygens (including phenoxy) is 1. The lowest BCUT2D eigenvalue weighted by molar-refractivity contribution is 0.126. The maximum atomic E-state index is 13.1. The van der Waals surface area contributed by atoms with Crippen molar-refractivity contribution in [3.8, 4) is 0 Å². The molecule has 1 aromatic carbocycles. The zero-order valence-electron chi connectivity index (χ0n) is 12.6. The van der Waals surface area contributed by atoms with Gasteiger partial charge in [-0.25, -0.2) is 4.39 Å². The Bertz CT molecular complexity index is 438. The highest BCUT2D eigenvalue weighted by Crippen LogP contribution is 2.21. The van der Waals surface area contributed by atoms with Crippen molar-refractivity contribution in [2.75, 3.05) is 39.9 Å². The zero-order chi connectivity index (χ0) is 15.1. The second kappa shape index (κ2) is 8.69. The molecule has 0 aliphatic carbocycles. The number of hydrogen-bond acceptors (Lipinski definition) is 3. The van der Waals surface area contributed by atoms with E-state index in [2.05, 4.69) is 10.2 Å². The first kappa shape index (κ1) is 16.7. The van der Waals surface area contributed by atoms with E-state index >= 15 is 0 Å². The predicted octanol–water partition coefficient (Wildman–Crippen LogP) is 2.93. The standard InChI is InChI=1S/C16H24ClFN2O/c1-21-9-8-20(11-13-4-6-19-7-5-13)12-14-2-3-15(18)10-16(14)17/h2-3,10,13,19H,4-9,11-12H2,1H3. The van der Waals surface area contributed by atoms with Gasteiger partial charge in [0.15, 0.2) is 0 Å². The lowest BCUT2D eigenvalue weighted by Crippen LogP contribution is -2.37. The Hall–Kier alpha value is -0.680. The molecule has 1 aromatic rings. The van der Waals surface area contributed by atoms with Crippen LogP contribution in [0, 0.1) is 11.7 Å². The Balaban J connectivity index is 1.97. The Morgan fingerprint density at radius 1 is 1.38 bits per heavy atom. The van der Waals surface area contributed by atoms with E-state index in [1.165, 1.54) is 25.0 Å². The van der Waals surface area contributed by atoms with E-state index in [9.17, 15) is 4.39 Å². The van der Waals surface area contributed by atoms with Crippen molar-refractivity contribution in [1.29, 1.82) is 0 Å². The Morgan fingerprint density at radius 3 is 2.81 bits per heavy atom. The molecule has 1 aliphatic rings. The van der Waals surface area contributed by atoms with E-state index < -0.39 is 0 Å². The first-order valence-electron chi connectivity index (χ1n) is 7.55. The maximum Gasteiger partial charge on any atom is 0.124 e. The van der Waals surface area contributed by atoms with Crippen molar-refractivity contribution >= 4 is 11.6 Å². The number of nitrogens with one attached hydrogen (secondary N) is 1. The molecule has 1 saturated heterocycles. The van der Waals surface area contributed by atoms with Crippen molar-refractivity contribution in [1.82, 2.24) is 10.2 Å². The van der Waals surface area contributed by atoms with E-state index in [0.29, 0.717) is 17.5 Å². The van der Waals surface area contributed by atoms with Crippen LogP contribution in [0.5, 0.6) is 0 Å². The summed E-state index contributed by atoms with van der Waals surface area (Å²) >= 11 is 6.14. The van der Waals surface area contributed by atoms with Gasteiger partial charge in [0.25, 0.3) is 0 Å². The van der Waals surface area contributed by atoms with Crippen LogP contribution in [0.15, 0.2) is 18.2 Å². The van der Waals surface area contributed by atoms with Gasteiger partial charge in [-0.05, 0) is 49.5 Å². The average Bonchev–Trinajstić information content (AvgIpc) is 2.48. The molecule has 1 fully saturated rings. The highest BCUT2D eigenvalue weighted by Gasteiger charge is 2.18. The Morgan fingerprint density at radius 2 is 2.14 bits per heavy atom. The van der Waals surface area contributed by atoms with Gasteiger partial charge in [0.1, 0.15) is 5.82 Å². The molecular formula is C16H24ClFN2O. The summed E-state index contributed by atoms with van der Waals surface area (Å²) in [4.78, 5) is 2.36. The molecule has 0 radical (unpaired) electrons. The molecular weight excluding hydrogens is 291 g/mol. The third kappa shape index (κ3) is 5.55. The van der Waals surface area contributed by atoms with Crippen molar-refractivity contribution in [2.45, 2.75) is 19.4 Å². The fourth-order valence-corrected chi connectivity index (χ4v) is 3.00. The number of benzene rings is 1. The van der Waals surface area contributed by atoms with E-state index in [1.807, 2.05) is 0 Å². The Kier molecular flexibility index (Phi) is 6.90. The van der Waals surface area contributed by atoms with Crippen LogP contribution in [0.25, 0.3) is 0 Å². The summed E-state index contributed by atoms with van der Waals surface area (Å²) in [5.74, 6) is 0.424. The summed E-state index contributed by atoms with van der Waals surface area (Å²) in [5, 5.41) is 3.89. The number of hydrogen-bond donors (Lipinski definition) is 1. The lowest BCUT2D eigenvalue weighted by Gasteiger charge is -2.30. The molecule has 0 spiro atoms. The number of rotatable bonds is 7. The van der Waals surface area contributed by atoms with Crippen LogP contribution in [-0.2, 0) is 11.3 Å². The third-order valence-electron chi connectivity index (χ3n) is 4.00. The van der Waals surface area contributed by atoms with Crippen LogP contribution in [-0.4, -0.2) is 44.8 Å². The molecule has 118 valence electrons. The lowest BCUT2D eigenvalue weighted by atomic mass is 9.97. The predicted molar refractivity (Wildman–Crippen MR) is 84.2 cm³/mol. The molecule has 0 unspecified atom stereocenters. The fraction of sp³-hybridized carbons (Fsp3) is 0.625. The van der Waals surface area contributed by atoms with Gasteiger partial charge in [0, 0.05) is 31.8 Å². The molecule has 0 atom stereocenters. The molecule has 2 rings (SSSR count). The average molecular weight is 315 g/mol. The van der Waals surface area contributed by atoms with Crippen LogP contribution in [0.3, 0.4) is 0 Å². The third-order valence-corrected chi connectivity index (χ3v) is 4.35. The van der Waals surface area contributed by atoms with Crippen LogP contribution in [0.1, 0.15) is 18.4 Å². The van der Waals surface area contributed by atoms with Crippen LogP contribution >= 0.6 is 11.6 Å². The minimum absolute atomic E-state index is 0.287. The van der Waals surface area contributed by atoms with Gasteiger partial charge in [-0.2, -0.15) is 0 Å². The van der Waals surface area contributed by atoms with E-state index in [-0.39, 0.29) is 5.82 Å². The summed E-state index contributed by atoms with van der Waals surface area (Å²) in [5.41, 5.74) is 0.975. The molecule has 0 bridgehead atoms. The van der Waals surface area contributed by atoms with Gasteiger partial charge < -0.3 is 10.1 Å². The quantitative estimate of drug-likeness (QED) is 0.837. The second-order valence-corrected chi connectivity index (χ2v) is 6.06. The highest BCUT2D eigenvalue weighted by molar-refractivity contribution is 6.31. The summed E-state index contributed by atoms with van der Waals surface area (Å²) in [6.45, 7) is 5.54. The monoisotopic (exact) mass is 314 g/mol. The zero-order valence-corrected chi connectivity index (χ0v) is 13.3. The summed E-state index contributed by atoms with van der Waals surface area (Å²) in [6, 6.07) is 4.63. The molecule has 1 N–H and O–H groups in total. The van der Waals surface area contributed by atoms with Crippen LogP contribution < -0.4 is 5.32 Å². The molecule has 3 nitrogen and oxygen atoms in total. The maximum absolute atomic E-state index is 13.1. The summed E-state index contributed by atoms with van der Waals surface area (Å²) in [7, 11) is 1.72. The van der Waals surface area contributed by atoms with Gasteiger partial charge in [0.05, 0.1) is 6.61 Å². The first-order valence-corrected chi connectivity index (χ1v) is 7.92. The topological polar surface area (TPSA) is 24.5 Å². The molecule has 0 saturated carbocycles. The van der Waals surface area contributed by atoms with Crippen molar-refractivity contribution in [3.63, 3.8) is 0 Å². The normalized spacial score (nSPS) is 16.6. The molecule has 5 heteroatoms. The van der Waals surface area contributed by atoms with Crippen molar-refractivity contribution in [3.05, 3.63) is 34.6 Å². The summed E-state index contributed by atoms with van der Waals surface area (Å²) in [6.07, 6.45) is 2.42. The van der Waals surface area contributed by atoms with Crippen molar-refractivity contribution < 1.29 is 9.13 Å². The van der Waals surface area contributed by atoms with Gasteiger partial charge in [-0.15, -0.1) is 0 Å². The first-order chi connectivity index (χ1) is 10.2. The molecule has 0 amide bonds. The van der Waals surface area contributed by atoms with E-state index in [1.54, 1.807) is 13.2 Å². The number of methoxy groups -OCH3 is 1. The van der Waals surface area contributed by atoms with E-state index in [4.69, 9.17) is 16.3 Å². The van der Waals surface area contributed by atoms with Crippen LogP contribution in [0.2, 0.25) is 5.02 Å². The molecule has 1 aliphatic heterocycles. The largest absolute Gasteiger partial charge is 0.383 e. The van der Waals surface area contributed by atoms with Gasteiger partial charge in [-0.1, -0.05) is 17.7 Å². The van der Waals surface area contributed by atoms with Crippen LogP contribution in [0.4, 0.5) is 4.39 Å². The highest BCUT2D eigenvalue weighted by atomic mass is 35.5. The SMILES string of the molecule is COCCN(Cc1ccc(F)cc1Cl)CC1CCNCC1. The number of piperidine rings is 1. The van der Waals surface area contributed by atoms with Gasteiger partial charge >= 0.3 is 0 Å². The molecule has 21 heavy (non-hydrogen) atoms. The second-order valence-electron chi connectivity index (χ2n) is 5.66. The van der Waals surface area contributed by atoms with E-state index in [0.717, 1.165) is 38.3 Å².